The fraction of sp³-hybridized carbons (Fsp3) is 0.429. The van der Waals surface area contributed by atoms with Gasteiger partial charge in [0.15, 0.2) is 5.78 Å². The van der Waals surface area contributed by atoms with Crippen molar-refractivity contribution in [2.24, 2.45) is 0 Å². The number of rotatable bonds is 6. The molecule has 0 radical (unpaired) electrons. The highest BCUT2D eigenvalue weighted by molar-refractivity contribution is 6.04. The van der Waals surface area contributed by atoms with E-state index in [0.717, 1.165) is 24.1 Å². The number of Topliss-reactive ketones (excluding diaryl/α,β-unsaturated/α-hetero) is 1. The molecular formula is C21H25NO5. The van der Waals surface area contributed by atoms with Gasteiger partial charge in [-0.3, -0.25) is 4.79 Å². The van der Waals surface area contributed by atoms with Crippen LogP contribution in [0.25, 0.3) is 0 Å². The molecule has 0 aromatic heterocycles. The van der Waals surface area contributed by atoms with Gasteiger partial charge in [-0.25, -0.2) is 4.79 Å². The Bertz CT molecular complexity index is 809. The fourth-order valence-corrected chi connectivity index (χ4v) is 3.77. The maximum atomic E-state index is 12.9. The highest BCUT2D eigenvalue weighted by Crippen LogP contribution is 2.45. The first-order valence-corrected chi connectivity index (χ1v) is 9.11. The van der Waals surface area contributed by atoms with E-state index in [1.54, 1.807) is 14.2 Å². The number of carbonyl (C=O) groups is 2. The first kappa shape index (κ1) is 19.2. The van der Waals surface area contributed by atoms with Crippen LogP contribution >= 0.6 is 0 Å². The Morgan fingerprint density at radius 1 is 1.19 bits per heavy atom. The van der Waals surface area contributed by atoms with Crippen molar-refractivity contribution >= 4 is 11.8 Å². The van der Waals surface area contributed by atoms with Gasteiger partial charge in [0.1, 0.15) is 12.4 Å². The van der Waals surface area contributed by atoms with E-state index in [0.29, 0.717) is 35.6 Å². The standard InChI is InChI=1S/C21H25NO5/c1-13-18(21(24)27-12-11-25-2)19(14-7-4-5-10-17(14)26-3)20-15(22-13)8-6-9-16(20)23/h4-5,7,10,19,22H,6,8-9,11-12H2,1-3H3/t19-/m1/s1. The van der Waals surface area contributed by atoms with Gasteiger partial charge in [-0.15, -0.1) is 0 Å². The summed E-state index contributed by atoms with van der Waals surface area (Å²) in [5.41, 5.74) is 3.50. The number of carbonyl (C=O) groups excluding carboxylic acids is 2. The van der Waals surface area contributed by atoms with Crippen molar-refractivity contribution in [1.29, 1.82) is 0 Å². The molecule has 27 heavy (non-hydrogen) atoms. The summed E-state index contributed by atoms with van der Waals surface area (Å²) in [6.45, 7) is 2.32. The molecule has 0 spiro atoms. The van der Waals surface area contributed by atoms with Gasteiger partial charge < -0.3 is 19.5 Å². The topological polar surface area (TPSA) is 73.9 Å². The molecule has 0 saturated heterocycles. The predicted molar refractivity (Wildman–Crippen MR) is 100 cm³/mol. The minimum absolute atomic E-state index is 0.0642. The molecule has 1 atom stereocenters. The Balaban J connectivity index is 2.10. The van der Waals surface area contributed by atoms with Crippen molar-refractivity contribution in [2.45, 2.75) is 32.1 Å². The smallest absolute Gasteiger partial charge is 0.336 e. The number of hydrogen-bond donors (Lipinski definition) is 1. The summed E-state index contributed by atoms with van der Waals surface area (Å²) in [4.78, 5) is 25.7. The van der Waals surface area contributed by atoms with Crippen LogP contribution < -0.4 is 10.1 Å². The van der Waals surface area contributed by atoms with Crippen molar-refractivity contribution in [3.05, 3.63) is 52.4 Å². The Morgan fingerprint density at radius 2 is 1.96 bits per heavy atom. The number of esters is 1. The molecule has 6 nitrogen and oxygen atoms in total. The Hall–Kier alpha value is -2.60. The lowest BCUT2D eigenvalue weighted by Gasteiger charge is -2.34. The molecule has 1 heterocycles. The second-order valence-electron chi connectivity index (χ2n) is 6.64. The lowest BCUT2D eigenvalue weighted by atomic mass is 9.75. The van der Waals surface area contributed by atoms with Gasteiger partial charge in [0.05, 0.1) is 25.2 Å². The molecule has 144 valence electrons. The van der Waals surface area contributed by atoms with Gasteiger partial charge in [-0.2, -0.15) is 0 Å². The monoisotopic (exact) mass is 371 g/mol. The number of methoxy groups -OCH3 is 2. The molecule has 6 heteroatoms. The second-order valence-corrected chi connectivity index (χ2v) is 6.64. The van der Waals surface area contributed by atoms with Crippen molar-refractivity contribution in [3.8, 4) is 5.75 Å². The van der Waals surface area contributed by atoms with E-state index < -0.39 is 11.9 Å². The first-order valence-electron chi connectivity index (χ1n) is 9.11. The third-order valence-electron chi connectivity index (χ3n) is 4.97. The van der Waals surface area contributed by atoms with Crippen LogP contribution in [0, 0.1) is 0 Å². The van der Waals surface area contributed by atoms with Crippen LogP contribution in [0.2, 0.25) is 0 Å². The predicted octanol–water partition coefficient (Wildman–Crippen LogP) is 2.85. The molecule has 0 amide bonds. The van der Waals surface area contributed by atoms with Crippen LogP contribution in [-0.4, -0.2) is 39.2 Å². The number of nitrogens with one attached hydrogen (secondary N) is 1. The molecule has 0 saturated carbocycles. The highest BCUT2D eigenvalue weighted by atomic mass is 16.6. The number of hydrogen-bond acceptors (Lipinski definition) is 6. The largest absolute Gasteiger partial charge is 0.496 e. The first-order chi connectivity index (χ1) is 13.1. The van der Waals surface area contributed by atoms with Gasteiger partial charge in [0.2, 0.25) is 0 Å². The summed E-state index contributed by atoms with van der Waals surface area (Å²) in [7, 11) is 3.14. The van der Waals surface area contributed by atoms with E-state index in [9.17, 15) is 9.59 Å². The molecule has 0 bridgehead atoms. The summed E-state index contributed by atoms with van der Waals surface area (Å²) in [5.74, 6) is -0.239. The molecule has 1 aromatic rings. The summed E-state index contributed by atoms with van der Waals surface area (Å²) in [6.07, 6.45) is 2.08. The molecule has 1 N–H and O–H groups in total. The number of para-hydroxylation sites is 1. The molecule has 1 aliphatic carbocycles. The summed E-state index contributed by atoms with van der Waals surface area (Å²) in [6, 6.07) is 7.50. The summed E-state index contributed by atoms with van der Waals surface area (Å²) in [5, 5.41) is 3.27. The average molecular weight is 371 g/mol. The van der Waals surface area contributed by atoms with Crippen molar-refractivity contribution in [2.75, 3.05) is 27.4 Å². The molecular weight excluding hydrogens is 346 g/mol. The molecule has 1 aromatic carbocycles. The number of ketones is 1. The maximum Gasteiger partial charge on any atom is 0.336 e. The van der Waals surface area contributed by atoms with E-state index in [1.807, 2.05) is 31.2 Å². The van der Waals surface area contributed by atoms with Crippen LogP contribution in [0.3, 0.4) is 0 Å². The Kier molecular flexibility index (Phi) is 5.96. The molecule has 0 fully saturated rings. The molecule has 3 rings (SSSR count). The summed E-state index contributed by atoms with van der Waals surface area (Å²) < 4.78 is 15.9. The highest BCUT2D eigenvalue weighted by Gasteiger charge is 2.40. The van der Waals surface area contributed by atoms with E-state index in [4.69, 9.17) is 14.2 Å². The SMILES string of the molecule is COCCOC(=O)C1=C(C)NC2=C(C(=O)CCC2)[C@@H]1c1ccccc1OC. The van der Waals surface area contributed by atoms with Crippen LogP contribution in [0.5, 0.6) is 5.75 Å². The zero-order valence-electron chi connectivity index (χ0n) is 16.0. The van der Waals surface area contributed by atoms with Crippen molar-refractivity contribution in [3.63, 3.8) is 0 Å². The zero-order valence-corrected chi connectivity index (χ0v) is 16.0. The second kappa shape index (κ2) is 8.39. The van der Waals surface area contributed by atoms with Gasteiger partial charge >= 0.3 is 5.97 Å². The third kappa shape index (κ3) is 3.76. The van der Waals surface area contributed by atoms with E-state index in [2.05, 4.69) is 5.32 Å². The third-order valence-corrected chi connectivity index (χ3v) is 4.97. The minimum atomic E-state index is -0.500. The van der Waals surface area contributed by atoms with Crippen LogP contribution in [-0.2, 0) is 19.1 Å². The van der Waals surface area contributed by atoms with Crippen LogP contribution in [0.4, 0.5) is 0 Å². The Morgan fingerprint density at radius 3 is 2.70 bits per heavy atom. The van der Waals surface area contributed by atoms with Gasteiger partial charge in [0.25, 0.3) is 0 Å². The lowest BCUT2D eigenvalue weighted by Crippen LogP contribution is -2.34. The number of ether oxygens (including phenoxy) is 3. The van der Waals surface area contributed by atoms with Crippen LogP contribution in [0.15, 0.2) is 46.8 Å². The van der Waals surface area contributed by atoms with E-state index >= 15 is 0 Å². The van der Waals surface area contributed by atoms with Crippen LogP contribution in [0.1, 0.15) is 37.7 Å². The molecule has 0 unspecified atom stereocenters. The Labute approximate surface area is 159 Å². The average Bonchev–Trinajstić information content (AvgIpc) is 2.67. The van der Waals surface area contributed by atoms with E-state index in [-0.39, 0.29) is 12.4 Å². The number of benzene rings is 1. The quantitative estimate of drug-likeness (QED) is 0.612. The van der Waals surface area contributed by atoms with Gasteiger partial charge in [-0.05, 0) is 25.8 Å². The molecule has 1 aliphatic heterocycles. The fourth-order valence-electron chi connectivity index (χ4n) is 3.77. The maximum absolute atomic E-state index is 12.9. The van der Waals surface area contributed by atoms with Gasteiger partial charge in [-0.1, -0.05) is 18.2 Å². The van der Waals surface area contributed by atoms with E-state index in [1.165, 1.54) is 0 Å². The number of dihydropyridines is 1. The van der Waals surface area contributed by atoms with Crippen molar-refractivity contribution in [1.82, 2.24) is 5.32 Å². The summed E-state index contributed by atoms with van der Waals surface area (Å²) >= 11 is 0. The van der Waals surface area contributed by atoms with Gasteiger partial charge in [0, 0.05) is 36.1 Å². The normalized spacial score (nSPS) is 19.5. The zero-order chi connectivity index (χ0) is 19.4. The lowest BCUT2D eigenvalue weighted by molar-refractivity contribution is -0.140. The van der Waals surface area contributed by atoms with Crippen molar-refractivity contribution < 1.29 is 23.8 Å². The minimum Gasteiger partial charge on any atom is -0.496 e. The molecule has 2 aliphatic rings. The number of allylic oxidation sites excluding steroid dienone is 3.